The van der Waals surface area contributed by atoms with Crippen LogP contribution in [0.3, 0.4) is 0 Å². The van der Waals surface area contributed by atoms with E-state index in [-0.39, 0.29) is 5.91 Å². The second-order valence-electron chi connectivity index (χ2n) is 6.71. The van der Waals surface area contributed by atoms with Gasteiger partial charge >= 0.3 is 0 Å². The molecule has 2 saturated carbocycles. The molecule has 0 aromatic carbocycles. The van der Waals surface area contributed by atoms with E-state index in [0.29, 0.717) is 12.6 Å². The number of hydrogen-bond donors (Lipinski definition) is 2. The minimum Gasteiger partial charge on any atom is -0.388 e. The van der Waals surface area contributed by atoms with E-state index in [0.717, 1.165) is 31.4 Å². The van der Waals surface area contributed by atoms with Gasteiger partial charge in [0.1, 0.15) is 5.69 Å². The molecule has 1 heterocycles. The predicted octanol–water partition coefficient (Wildman–Crippen LogP) is 3.03. The van der Waals surface area contributed by atoms with Crippen molar-refractivity contribution in [3.63, 3.8) is 0 Å². The third-order valence-electron chi connectivity index (χ3n) is 5.09. The third kappa shape index (κ3) is 3.31. The molecule has 2 aliphatic carbocycles. The molecule has 4 heteroatoms. The number of aliphatic hydroxyl groups is 1. The largest absolute Gasteiger partial charge is 0.388 e. The van der Waals surface area contributed by atoms with E-state index < -0.39 is 5.60 Å². The molecule has 116 valence electrons. The fraction of sp³-hybridized carbons (Fsp3) is 0.706. The Morgan fingerprint density at radius 3 is 2.57 bits per heavy atom. The summed E-state index contributed by atoms with van der Waals surface area (Å²) in [5, 5.41) is 13.6. The summed E-state index contributed by atoms with van der Waals surface area (Å²) >= 11 is 0. The molecule has 0 saturated heterocycles. The van der Waals surface area contributed by atoms with Crippen molar-refractivity contribution in [2.24, 2.45) is 0 Å². The average Bonchev–Trinajstić information content (AvgIpc) is 2.77. The van der Waals surface area contributed by atoms with Crippen molar-refractivity contribution in [2.75, 3.05) is 6.54 Å². The van der Waals surface area contributed by atoms with Crippen LogP contribution in [0.15, 0.2) is 18.3 Å². The van der Waals surface area contributed by atoms with Crippen LogP contribution in [0, 0.1) is 0 Å². The molecule has 2 N–H and O–H groups in total. The van der Waals surface area contributed by atoms with Gasteiger partial charge in [0.2, 0.25) is 0 Å². The molecule has 21 heavy (non-hydrogen) atoms. The maximum atomic E-state index is 12.4. The number of carbonyl (C=O) groups excluding carboxylic acids is 1. The number of nitrogens with zero attached hydrogens (tertiary/aromatic N) is 1. The fourth-order valence-electron chi connectivity index (χ4n) is 3.47. The lowest BCUT2D eigenvalue weighted by Gasteiger charge is -2.30. The second-order valence-corrected chi connectivity index (χ2v) is 6.71. The zero-order valence-electron chi connectivity index (χ0n) is 12.7. The zero-order valence-corrected chi connectivity index (χ0v) is 12.7. The van der Waals surface area contributed by atoms with Gasteiger partial charge in [0.05, 0.1) is 5.60 Å². The molecule has 1 amide bonds. The van der Waals surface area contributed by atoms with Gasteiger partial charge in [-0.25, -0.2) is 0 Å². The van der Waals surface area contributed by atoms with Crippen LogP contribution in [0.5, 0.6) is 0 Å². The molecule has 0 unspecified atom stereocenters. The number of rotatable bonds is 4. The summed E-state index contributed by atoms with van der Waals surface area (Å²) in [6.07, 6.45) is 11.7. The average molecular weight is 290 g/mol. The van der Waals surface area contributed by atoms with Gasteiger partial charge in [0, 0.05) is 18.8 Å². The molecule has 2 fully saturated rings. The monoisotopic (exact) mass is 290 g/mol. The Kier molecular flexibility index (Phi) is 4.34. The van der Waals surface area contributed by atoms with Crippen molar-refractivity contribution in [3.05, 3.63) is 24.0 Å². The number of amides is 1. The Labute approximate surface area is 126 Å². The van der Waals surface area contributed by atoms with Gasteiger partial charge in [0.25, 0.3) is 5.91 Å². The number of aromatic nitrogens is 1. The van der Waals surface area contributed by atoms with E-state index in [2.05, 4.69) is 9.88 Å². The lowest BCUT2D eigenvalue weighted by atomic mass is 9.92. The molecule has 4 nitrogen and oxygen atoms in total. The Morgan fingerprint density at radius 1 is 1.24 bits per heavy atom. The Balaban J connectivity index is 1.59. The lowest BCUT2D eigenvalue weighted by Crippen LogP contribution is -2.43. The van der Waals surface area contributed by atoms with E-state index in [1.54, 1.807) is 0 Å². The quantitative estimate of drug-likeness (QED) is 0.837. The van der Waals surface area contributed by atoms with Gasteiger partial charge in [-0.15, -0.1) is 0 Å². The molecule has 3 rings (SSSR count). The summed E-state index contributed by atoms with van der Waals surface area (Å²) in [6.45, 7) is 0.377. The van der Waals surface area contributed by atoms with E-state index in [4.69, 9.17) is 0 Å². The van der Waals surface area contributed by atoms with Crippen molar-refractivity contribution < 1.29 is 9.90 Å². The van der Waals surface area contributed by atoms with E-state index in [1.807, 2.05) is 18.3 Å². The Bertz CT molecular complexity index is 483. The van der Waals surface area contributed by atoms with Crippen molar-refractivity contribution in [1.29, 1.82) is 0 Å². The first-order valence-electron chi connectivity index (χ1n) is 8.35. The van der Waals surface area contributed by atoms with Crippen LogP contribution in [0.4, 0.5) is 0 Å². The summed E-state index contributed by atoms with van der Waals surface area (Å²) in [7, 11) is 0. The summed E-state index contributed by atoms with van der Waals surface area (Å²) in [5.74, 6) is -0.0513. The SMILES string of the molecule is O=C(NCC1(O)CCCCCC1)c1cccn1C1CCC1. The highest BCUT2D eigenvalue weighted by molar-refractivity contribution is 5.92. The first-order valence-corrected chi connectivity index (χ1v) is 8.35. The highest BCUT2D eigenvalue weighted by atomic mass is 16.3. The van der Waals surface area contributed by atoms with Crippen LogP contribution >= 0.6 is 0 Å². The maximum Gasteiger partial charge on any atom is 0.268 e. The first kappa shape index (κ1) is 14.6. The summed E-state index contributed by atoms with van der Waals surface area (Å²) in [6, 6.07) is 4.31. The number of nitrogens with one attached hydrogen (secondary N) is 1. The van der Waals surface area contributed by atoms with Gasteiger partial charge in [-0.3, -0.25) is 4.79 Å². The molecule has 0 atom stereocenters. The van der Waals surface area contributed by atoms with Crippen LogP contribution in [0.25, 0.3) is 0 Å². The summed E-state index contributed by atoms with van der Waals surface area (Å²) in [5.41, 5.74) is 0.0250. The minimum absolute atomic E-state index is 0.0513. The van der Waals surface area contributed by atoms with Gasteiger partial charge in [0.15, 0.2) is 0 Å². The van der Waals surface area contributed by atoms with Crippen LogP contribution in [-0.4, -0.2) is 27.7 Å². The third-order valence-corrected chi connectivity index (χ3v) is 5.09. The van der Waals surface area contributed by atoms with E-state index >= 15 is 0 Å². The highest BCUT2D eigenvalue weighted by Crippen LogP contribution is 2.32. The molecule has 0 spiro atoms. The molecular formula is C17H26N2O2. The van der Waals surface area contributed by atoms with E-state index in [9.17, 15) is 9.90 Å². The highest BCUT2D eigenvalue weighted by Gasteiger charge is 2.29. The topological polar surface area (TPSA) is 54.3 Å². The number of hydrogen-bond acceptors (Lipinski definition) is 2. The van der Waals surface area contributed by atoms with Gasteiger partial charge < -0.3 is 15.0 Å². The van der Waals surface area contributed by atoms with Crippen LogP contribution in [-0.2, 0) is 0 Å². The standard InChI is InChI=1S/C17H26N2O2/c20-16(15-9-6-12-19(15)14-7-5-8-14)18-13-17(21)10-3-1-2-4-11-17/h6,9,12,14,21H,1-5,7-8,10-11,13H2,(H,18,20). The second kappa shape index (κ2) is 6.22. The molecular weight excluding hydrogens is 264 g/mol. The molecule has 1 aromatic heterocycles. The van der Waals surface area contributed by atoms with Crippen molar-refractivity contribution in [1.82, 2.24) is 9.88 Å². The van der Waals surface area contributed by atoms with Crippen molar-refractivity contribution in [2.45, 2.75) is 69.4 Å². The van der Waals surface area contributed by atoms with Crippen LogP contribution < -0.4 is 5.32 Å². The fourth-order valence-corrected chi connectivity index (χ4v) is 3.47. The van der Waals surface area contributed by atoms with Crippen molar-refractivity contribution >= 4 is 5.91 Å². The van der Waals surface area contributed by atoms with Gasteiger partial charge in [-0.1, -0.05) is 25.7 Å². The van der Waals surface area contributed by atoms with Gasteiger partial charge in [-0.05, 0) is 44.2 Å². The smallest absolute Gasteiger partial charge is 0.268 e. The Morgan fingerprint density at radius 2 is 1.95 bits per heavy atom. The molecule has 0 bridgehead atoms. The maximum absolute atomic E-state index is 12.4. The molecule has 0 radical (unpaired) electrons. The van der Waals surface area contributed by atoms with Crippen LogP contribution in [0.1, 0.15) is 74.3 Å². The molecule has 2 aliphatic rings. The van der Waals surface area contributed by atoms with Crippen molar-refractivity contribution in [3.8, 4) is 0 Å². The Hall–Kier alpha value is -1.29. The summed E-state index contributed by atoms with van der Waals surface area (Å²) in [4.78, 5) is 12.4. The molecule has 1 aromatic rings. The van der Waals surface area contributed by atoms with Gasteiger partial charge in [-0.2, -0.15) is 0 Å². The molecule has 0 aliphatic heterocycles. The normalized spacial score (nSPS) is 22.3. The lowest BCUT2D eigenvalue weighted by molar-refractivity contribution is 0.0245. The van der Waals surface area contributed by atoms with Crippen LogP contribution in [0.2, 0.25) is 0 Å². The summed E-state index contributed by atoms with van der Waals surface area (Å²) < 4.78 is 2.09. The number of carbonyl (C=O) groups is 1. The van der Waals surface area contributed by atoms with E-state index in [1.165, 1.54) is 32.1 Å². The predicted molar refractivity (Wildman–Crippen MR) is 82.3 cm³/mol. The minimum atomic E-state index is -0.708. The zero-order chi connectivity index (χ0) is 14.7. The first-order chi connectivity index (χ1) is 10.2.